The number of aliphatic imine (C=N–C) groups is 1. The van der Waals surface area contributed by atoms with Crippen molar-refractivity contribution >= 4 is 45.1 Å². The van der Waals surface area contributed by atoms with Crippen LogP contribution in [0.3, 0.4) is 0 Å². The Kier molecular flexibility index (Phi) is 7.97. The lowest BCUT2D eigenvalue weighted by Gasteiger charge is -2.37. The summed E-state index contributed by atoms with van der Waals surface area (Å²) in [6, 6.07) is 0. The first kappa shape index (κ1) is 23.1. The lowest BCUT2D eigenvalue weighted by molar-refractivity contribution is 0.0187. The summed E-state index contributed by atoms with van der Waals surface area (Å²) in [5.74, 6) is 0.276. The molecule has 0 aliphatic carbocycles. The van der Waals surface area contributed by atoms with E-state index in [0.29, 0.717) is 47.3 Å². The Morgan fingerprint density at radius 2 is 1.93 bits per heavy atom. The Hall–Kier alpha value is -2.20. The van der Waals surface area contributed by atoms with Crippen LogP contribution in [-0.4, -0.2) is 64.4 Å². The fraction of sp³-hybridized carbons (Fsp3) is 0.474. The second-order valence-electron chi connectivity index (χ2n) is 7.23. The second-order valence-corrected chi connectivity index (χ2v) is 9.37. The normalized spacial score (nSPS) is 15.9. The number of amides is 2. The van der Waals surface area contributed by atoms with Gasteiger partial charge in [0.05, 0.1) is 5.70 Å². The predicted molar refractivity (Wildman–Crippen MR) is 118 cm³/mol. The highest BCUT2D eigenvalue weighted by atomic mass is 79.9. The molecule has 1 aromatic rings. The average Bonchev–Trinajstić information content (AvgIpc) is 3.09. The molecule has 2 amide bonds. The van der Waals surface area contributed by atoms with Gasteiger partial charge in [0.25, 0.3) is 5.91 Å². The zero-order valence-corrected chi connectivity index (χ0v) is 19.5. The average molecular weight is 484 g/mol. The van der Waals surface area contributed by atoms with Crippen LogP contribution in [0.5, 0.6) is 0 Å². The summed E-state index contributed by atoms with van der Waals surface area (Å²) in [6.07, 6.45) is 2.89. The number of amidine groups is 1. The van der Waals surface area contributed by atoms with Gasteiger partial charge in [0.2, 0.25) is 0 Å². The summed E-state index contributed by atoms with van der Waals surface area (Å²) in [6.45, 7) is 13.1. The Labute approximate surface area is 183 Å². The first-order chi connectivity index (χ1) is 13.6. The molecule has 0 saturated carbocycles. The van der Waals surface area contributed by atoms with Gasteiger partial charge in [-0.25, -0.2) is 14.8 Å². The van der Waals surface area contributed by atoms with E-state index in [4.69, 9.17) is 4.74 Å². The Morgan fingerprint density at radius 1 is 1.31 bits per heavy atom. The molecular formula is C19H26BrN5O3S. The summed E-state index contributed by atoms with van der Waals surface area (Å²) < 4.78 is 6.08. The predicted octanol–water partition coefficient (Wildman–Crippen LogP) is 3.63. The molecule has 1 aliphatic heterocycles. The molecule has 2 heterocycles. The van der Waals surface area contributed by atoms with Crippen LogP contribution >= 0.6 is 27.3 Å². The minimum absolute atomic E-state index is 0.316. The van der Waals surface area contributed by atoms with E-state index < -0.39 is 5.60 Å². The van der Waals surface area contributed by atoms with Crippen molar-refractivity contribution < 1.29 is 14.3 Å². The minimum Gasteiger partial charge on any atom is -0.444 e. The van der Waals surface area contributed by atoms with Gasteiger partial charge in [0.1, 0.15) is 11.3 Å². The third-order valence-corrected chi connectivity index (χ3v) is 5.30. The number of allylic oxidation sites excluding steroid dienone is 1. The van der Waals surface area contributed by atoms with Gasteiger partial charge in [0, 0.05) is 37.8 Å². The van der Waals surface area contributed by atoms with Crippen LogP contribution in [0.15, 0.2) is 38.8 Å². The highest BCUT2D eigenvalue weighted by molar-refractivity contribution is 9.11. The number of thiazole rings is 1. The second kappa shape index (κ2) is 10.0. The van der Waals surface area contributed by atoms with Gasteiger partial charge in [-0.1, -0.05) is 12.7 Å². The molecule has 0 atom stereocenters. The third-order valence-electron chi connectivity index (χ3n) is 3.93. The van der Waals surface area contributed by atoms with E-state index in [9.17, 15) is 9.59 Å². The van der Waals surface area contributed by atoms with Crippen molar-refractivity contribution in [2.45, 2.75) is 33.3 Å². The van der Waals surface area contributed by atoms with Crippen LogP contribution in [0.25, 0.3) is 0 Å². The van der Waals surface area contributed by atoms with Crippen LogP contribution < -0.4 is 5.32 Å². The number of hydrogen-bond donors (Lipinski definition) is 1. The lowest BCUT2D eigenvalue weighted by Crippen LogP contribution is -2.52. The number of rotatable bonds is 4. The van der Waals surface area contributed by atoms with Crippen molar-refractivity contribution in [3.63, 3.8) is 0 Å². The highest BCUT2D eigenvalue weighted by Crippen LogP contribution is 2.17. The molecule has 1 aromatic heterocycles. The number of nitrogens with one attached hydrogen (secondary N) is 1. The number of aromatic nitrogens is 1. The van der Waals surface area contributed by atoms with Gasteiger partial charge in [-0.05, 0) is 43.6 Å². The van der Waals surface area contributed by atoms with Crippen LogP contribution in [0, 0.1) is 0 Å². The van der Waals surface area contributed by atoms with Crippen molar-refractivity contribution in [3.8, 4) is 0 Å². The summed E-state index contributed by atoms with van der Waals surface area (Å²) in [4.78, 5) is 37.0. The summed E-state index contributed by atoms with van der Waals surface area (Å²) in [5.41, 5.74) is 0.357. The van der Waals surface area contributed by atoms with Crippen LogP contribution in [-0.2, 0) is 4.74 Å². The van der Waals surface area contributed by atoms with Gasteiger partial charge in [-0.2, -0.15) is 0 Å². The van der Waals surface area contributed by atoms with E-state index in [1.165, 1.54) is 17.5 Å². The Bertz CT molecular complexity index is 820. The molecule has 0 unspecified atom stereocenters. The number of hydrogen-bond acceptors (Lipinski definition) is 6. The van der Waals surface area contributed by atoms with Crippen molar-refractivity contribution in [3.05, 3.63) is 39.5 Å². The summed E-state index contributed by atoms with van der Waals surface area (Å²) in [7, 11) is 0. The lowest BCUT2D eigenvalue weighted by atomic mass is 10.2. The maximum absolute atomic E-state index is 12.5. The molecule has 158 valence electrons. The quantitative estimate of drug-likeness (QED) is 0.521. The highest BCUT2D eigenvalue weighted by Gasteiger charge is 2.28. The molecule has 1 fully saturated rings. The fourth-order valence-electron chi connectivity index (χ4n) is 2.63. The standard InChI is InChI=1S/C19H26BrN5O3S/c1-6-13(22-16(26)14-12-29-17(20)23-14)15(21-7-2)24-8-10-25(11-9-24)18(27)28-19(3,4)5/h6-7,12H,2,8-11H2,1,3-5H3,(H,22,26)/b13-6+,21-15+. The zero-order chi connectivity index (χ0) is 21.6. The Morgan fingerprint density at radius 3 is 2.41 bits per heavy atom. The molecule has 1 N–H and O–H groups in total. The molecule has 10 heteroatoms. The maximum Gasteiger partial charge on any atom is 0.410 e. The maximum atomic E-state index is 12.5. The summed E-state index contributed by atoms with van der Waals surface area (Å²) >= 11 is 4.60. The van der Waals surface area contributed by atoms with Crippen LogP contribution in [0.4, 0.5) is 4.79 Å². The fourth-order valence-corrected chi connectivity index (χ4v) is 3.63. The van der Waals surface area contributed by atoms with Gasteiger partial charge in [-0.15, -0.1) is 11.3 Å². The molecule has 1 saturated heterocycles. The molecule has 8 nitrogen and oxygen atoms in total. The van der Waals surface area contributed by atoms with Gasteiger partial charge < -0.3 is 19.9 Å². The molecule has 29 heavy (non-hydrogen) atoms. The number of nitrogens with zero attached hydrogens (tertiary/aromatic N) is 4. The first-order valence-electron chi connectivity index (χ1n) is 9.15. The van der Waals surface area contributed by atoms with Crippen molar-refractivity contribution in [1.82, 2.24) is 20.1 Å². The van der Waals surface area contributed by atoms with E-state index in [0.717, 1.165) is 0 Å². The number of carbonyl (C=O) groups excluding carboxylic acids is 2. The summed E-state index contributed by atoms with van der Waals surface area (Å²) in [5, 5.41) is 4.54. The molecular weight excluding hydrogens is 458 g/mol. The molecule has 0 radical (unpaired) electrons. The van der Waals surface area contributed by atoms with E-state index in [-0.39, 0.29) is 12.0 Å². The van der Waals surface area contributed by atoms with Crippen molar-refractivity contribution in [2.24, 2.45) is 4.99 Å². The largest absolute Gasteiger partial charge is 0.444 e. The monoisotopic (exact) mass is 483 g/mol. The number of piperazine rings is 1. The Balaban J connectivity index is 2.05. The smallest absolute Gasteiger partial charge is 0.410 e. The first-order valence-corrected chi connectivity index (χ1v) is 10.8. The zero-order valence-electron chi connectivity index (χ0n) is 17.1. The molecule has 0 spiro atoms. The third kappa shape index (κ3) is 6.67. The molecule has 0 aromatic carbocycles. The number of carbonyl (C=O) groups is 2. The van der Waals surface area contributed by atoms with Gasteiger partial charge in [-0.3, -0.25) is 4.79 Å². The molecule has 1 aliphatic rings. The van der Waals surface area contributed by atoms with Crippen LogP contribution in [0.1, 0.15) is 38.2 Å². The number of ether oxygens (including phenoxy) is 1. The van der Waals surface area contributed by atoms with E-state index in [1.54, 1.807) is 16.4 Å². The van der Waals surface area contributed by atoms with Gasteiger partial charge in [0.15, 0.2) is 9.75 Å². The molecule has 2 rings (SSSR count). The molecule has 0 bridgehead atoms. The van der Waals surface area contributed by atoms with E-state index in [2.05, 4.69) is 37.8 Å². The SMILES string of the molecule is C=C/N=C(\C(=C/C)NC(=O)c1csc(Br)n1)N1CCN(C(=O)OC(C)(C)C)CC1. The number of halogens is 1. The van der Waals surface area contributed by atoms with Crippen molar-refractivity contribution in [2.75, 3.05) is 26.2 Å². The van der Waals surface area contributed by atoms with Crippen molar-refractivity contribution in [1.29, 1.82) is 0 Å². The van der Waals surface area contributed by atoms with Gasteiger partial charge >= 0.3 is 6.09 Å². The topological polar surface area (TPSA) is 87.1 Å². The van der Waals surface area contributed by atoms with E-state index >= 15 is 0 Å². The van der Waals surface area contributed by atoms with Crippen LogP contribution in [0.2, 0.25) is 0 Å². The van der Waals surface area contributed by atoms with E-state index in [1.807, 2.05) is 32.6 Å². The minimum atomic E-state index is -0.531.